The summed E-state index contributed by atoms with van der Waals surface area (Å²) in [7, 11) is 1.50. The van der Waals surface area contributed by atoms with Crippen molar-refractivity contribution >= 4 is 18.4 Å². The molecule has 1 unspecified atom stereocenters. The second-order valence-electron chi connectivity index (χ2n) is 10.7. The number of allylic oxidation sites excluding steroid dienone is 5. The number of hydrogen-bond acceptors (Lipinski definition) is 2. The van der Waals surface area contributed by atoms with Gasteiger partial charge in [-0.05, 0) is 133 Å². The van der Waals surface area contributed by atoms with E-state index in [4.69, 9.17) is 4.79 Å². The number of hydrogen-bond donors (Lipinski definition) is 1. The molecule has 0 aromatic heterocycles. The maximum atomic E-state index is 12.1. The Morgan fingerprint density at radius 3 is 1.83 bits per heavy atom. The summed E-state index contributed by atoms with van der Waals surface area (Å²) in [6.45, 7) is 36.7. The lowest BCUT2D eigenvalue weighted by Crippen LogP contribution is -2.07. The average Bonchev–Trinajstić information content (AvgIpc) is 3.76. The molecule has 0 bridgehead atoms. The molecule has 3 rings (SSSR count). The van der Waals surface area contributed by atoms with Crippen molar-refractivity contribution < 1.29 is 9.18 Å². The molecule has 0 spiro atoms. The molecule has 1 aromatic carbocycles. The monoisotopic (exact) mass is 586 g/mol. The minimum Gasteiger partial charge on any atom is -0.333 e. The van der Waals surface area contributed by atoms with Crippen LogP contribution in [0.15, 0.2) is 54.7 Å². The molecule has 1 atom stereocenters. The Balaban J connectivity index is -0.000000263. The molecule has 42 heavy (non-hydrogen) atoms. The number of benzene rings is 1. The van der Waals surface area contributed by atoms with Crippen LogP contribution in [-0.2, 0) is 17.6 Å². The average molecular weight is 586 g/mol. The standard InChI is InChI=1S/C19H24.C8H12.C5H11F.C2H4O.2C2H6.CH5N/c1-5-15-11-17-8-12(2)9-18(17)14(4)19(15)10-13(3)16-6-7-16;1-5-6-8(4)7(2)3;1-4-5(2,3)6;1-2-3;3*1-2/h5,10-12,16H,1,6-9H2,2-4H3;5-6H,1-2H2,3-4H3;4H2,1-3H3;2H,1H3;2*1-2H3;2H2,1H3/b13-10+;8-6+;;;;;. The van der Waals surface area contributed by atoms with E-state index in [1.54, 1.807) is 36.6 Å². The third-order valence-corrected chi connectivity index (χ3v) is 6.70. The van der Waals surface area contributed by atoms with Crippen LogP contribution in [0.5, 0.6) is 0 Å². The van der Waals surface area contributed by atoms with Gasteiger partial charge in [0, 0.05) is 0 Å². The normalized spacial score (nSPS) is 14.7. The van der Waals surface area contributed by atoms with Crippen LogP contribution >= 0.6 is 0 Å². The summed E-state index contributed by atoms with van der Waals surface area (Å²) in [4.78, 5) is 8.81. The first-order valence-corrected chi connectivity index (χ1v) is 15.8. The van der Waals surface area contributed by atoms with E-state index in [9.17, 15) is 4.39 Å². The Hall–Kier alpha value is -2.52. The number of fused-ring (bicyclic) bond motifs is 1. The predicted molar refractivity (Wildman–Crippen MR) is 193 cm³/mol. The fourth-order valence-electron chi connectivity index (χ4n) is 3.80. The van der Waals surface area contributed by atoms with Gasteiger partial charge in [-0.3, -0.25) is 0 Å². The van der Waals surface area contributed by atoms with Gasteiger partial charge in [-0.2, -0.15) is 0 Å². The third kappa shape index (κ3) is 21.2. The van der Waals surface area contributed by atoms with Crippen molar-refractivity contribution in [3.63, 3.8) is 0 Å². The number of halogens is 1. The van der Waals surface area contributed by atoms with E-state index in [2.05, 4.69) is 58.4 Å². The van der Waals surface area contributed by atoms with Crippen LogP contribution in [0.1, 0.15) is 130 Å². The first-order chi connectivity index (χ1) is 19.8. The van der Waals surface area contributed by atoms with Crippen LogP contribution in [0.25, 0.3) is 12.2 Å². The van der Waals surface area contributed by atoms with E-state index in [0.717, 1.165) is 23.7 Å². The Bertz CT molecular complexity index is 956. The fraction of sp³-hybridized carbons (Fsp3) is 0.564. The van der Waals surface area contributed by atoms with Gasteiger partial charge < -0.3 is 10.5 Å². The van der Waals surface area contributed by atoms with Crippen LogP contribution in [0.3, 0.4) is 0 Å². The lowest BCUT2D eigenvalue weighted by atomic mass is 9.92. The Labute approximate surface area is 262 Å². The van der Waals surface area contributed by atoms with E-state index in [1.807, 2.05) is 60.6 Å². The number of carbonyl (C=O) groups excluding carboxylic acids is 1. The lowest BCUT2D eigenvalue weighted by molar-refractivity contribution is -0.106. The van der Waals surface area contributed by atoms with Gasteiger partial charge in [0.25, 0.3) is 0 Å². The van der Waals surface area contributed by atoms with Crippen molar-refractivity contribution in [1.29, 1.82) is 0 Å². The second kappa shape index (κ2) is 27.3. The van der Waals surface area contributed by atoms with Gasteiger partial charge >= 0.3 is 0 Å². The summed E-state index contributed by atoms with van der Waals surface area (Å²) < 4.78 is 12.1. The Kier molecular flexibility index (Phi) is 30.2. The first kappa shape index (κ1) is 46.4. The van der Waals surface area contributed by atoms with Gasteiger partial charge in [0.05, 0.1) is 0 Å². The molecule has 1 fully saturated rings. The molecule has 2 aliphatic rings. The Morgan fingerprint density at radius 1 is 1.07 bits per heavy atom. The molecule has 2 N–H and O–H groups in total. The number of carbonyl (C=O) groups is 1. The summed E-state index contributed by atoms with van der Waals surface area (Å²) in [5, 5.41) is 0. The van der Waals surface area contributed by atoms with Gasteiger partial charge in [-0.25, -0.2) is 4.39 Å². The van der Waals surface area contributed by atoms with Crippen molar-refractivity contribution in [3.05, 3.63) is 82.5 Å². The van der Waals surface area contributed by atoms with E-state index in [-0.39, 0.29) is 0 Å². The minimum atomic E-state index is -0.958. The molecule has 1 saturated carbocycles. The first-order valence-electron chi connectivity index (χ1n) is 15.8. The molecule has 2 aliphatic carbocycles. The van der Waals surface area contributed by atoms with Crippen LogP contribution in [0.4, 0.5) is 4.39 Å². The highest BCUT2D eigenvalue weighted by Gasteiger charge is 2.25. The highest BCUT2D eigenvalue weighted by atomic mass is 19.1. The zero-order chi connectivity index (χ0) is 34.1. The molecule has 242 valence electrons. The minimum absolute atomic E-state index is 0.604. The van der Waals surface area contributed by atoms with E-state index in [1.165, 1.54) is 61.9 Å². The third-order valence-electron chi connectivity index (χ3n) is 6.70. The molecule has 1 aromatic rings. The molecule has 0 amide bonds. The molecule has 0 radical (unpaired) electrons. The van der Waals surface area contributed by atoms with E-state index < -0.39 is 5.67 Å². The lowest BCUT2D eigenvalue weighted by Gasteiger charge is -2.13. The quantitative estimate of drug-likeness (QED) is 0.266. The van der Waals surface area contributed by atoms with Gasteiger partial charge in [0.1, 0.15) is 12.0 Å². The van der Waals surface area contributed by atoms with E-state index >= 15 is 0 Å². The Morgan fingerprint density at radius 2 is 1.52 bits per heavy atom. The zero-order valence-corrected chi connectivity index (χ0v) is 30.1. The van der Waals surface area contributed by atoms with Gasteiger partial charge in [0.2, 0.25) is 0 Å². The van der Waals surface area contributed by atoms with Crippen LogP contribution < -0.4 is 5.73 Å². The fourth-order valence-corrected chi connectivity index (χ4v) is 3.80. The smallest absolute Gasteiger partial charge is 0.116 e. The second-order valence-corrected chi connectivity index (χ2v) is 10.7. The molecule has 0 aliphatic heterocycles. The SMILES string of the molecule is C=C/C=C(\C)C(=C)C.C=Cc1cc2c(c(C)c1/C=C(\C)C1CC1)CC(C)C2.CC.CC.CC=O.CCC(C)(C)F.CN. The molecule has 0 saturated heterocycles. The highest BCUT2D eigenvalue weighted by Crippen LogP contribution is 2.39. The van der Waals surface area contributed by atoms with Crippen LogP contribution in [0.2, 0.25) is 0 Å². The highest BCUT2D eigenvalue weighted by molar-refractivity contribution is 5.71. The molecular formula is C39H68FNO. The molecule has 2 nitrogen and oxygen atoms in total. The van der Waals surface area contributed by atoms with Crippen molar-refractivity contribution in [2.45, 2.75) is 128 Å². The van der Waals surface area contributed by atoms with Crippen molar-refractivity contribution in [3.8, 4) is 0 Å². The summed E-state index contributed by atoms with van der Waals surface area (Å²) >= 11 is 0. The molecular weight excluding hydrogens is 517 g/mol. The van der Waals surface area contributed by atoms with E-state index in [0.29, 0.717) is 6.42 Å². The molecule has 0 heterocycles. The number of aldehydes is 1. The van der Waals surface area contributed by atoms with Crippen molar-refractivity contribution in [1.82, 2.24) is 0 Å². The van der Waals surface area contributed by atoms with Gasteiger partial charge in [-0.1, -0.05) is 103 Å². The van der Waals surface area contributed by atoms with Crippen molar-refractivity contribution in [2.24, 2.45) is 17.6 Å². The topological polar surface area (TPSA) is 43.1 Å². The largest absolute Gasteiger partial charge is 0.333 e. The summed E-state index contributed by atoms with van der Waals surface area (Å²) in [6.07, 6.45) is 14.8. The zero-order valence-electron chi connectivity index (χ0n) is 30.1. The van der Waals surface area contributed by atoms with Gasteiger partial charge in [0.15, 0.2) is 0 Å². The summed E-state index contributed by atoms with van der Waals surface area (Å²) in [5.41, 5.74) is 14.8. The summed E-state index contributed by atoms with van der Waals surface area (Å²) in [6, 6.07) is 2.38. The number of nitrogens with two attached hydrogens (primary N) is 1. The summed E-state index contributed by atoms with van der Waals surface area (Å²) in [5.74, 6) is 1.65. The van der Waals surface area contributed by atoms with Crippen LogP contribution in [0, 0.1) is 18.8 Å². The number of rotatable bonds is 6. The van der Waals surface area contributed by atoms with Gasteiger partial charge in [-0.15, -0.1) is 0 Å². The maximum Gasteiger partial charge on any atom is 0.116 e. The number of alkyl halides is 1. The maximum absolute atomic E-state index is 12.1. The van der Waals surface area contributed by atoms with Crippen LogP contribution in [-0.4, -0.2) is 19.0 Å². The predicted octanol–water partition coefficient (Wildman–Crippen LogP) is 11.9. The molecule has 3 heteroatoms. The van der Waals surface area contributed by atoms with Crippen molar-refractivity contribution in [2.75, 3.05) is 7.05 Å².